The molecular weight excluding hydrogens is 616 g/mol. The molecule has 0 spiro atoms. The third kappa shape index (κ3) is 7.93. The maximum atomic E-state index is 13.9. The predicted octanol–water partition coefficient (Wildman–Crippen LogP) is 4.02. The molecule has 3 amide bonds. The van der Waals surface area contributed by atoms with Gasteiger partial charge in [-0.2, -0.15) is 0 Å². The second-order valence-corrected chi connectivity index (χ2v) is 12.0. The van der Waals surface area contributed by atoms with Crippen molar-refractivity contribution in [3.63, 3.8) is 0 Å². The van der Waals surface area contributed by atoms with Crippen molar-refractivity contribution in [3.8, 4) is 5.75 Å². The number of anilines is 1. The second-order valence-electron chi connectivity index (χ2n) is 12.0. The van der Waals surface area contributed by atoms with E-state index in [2.05, 4.69) is 41.5 Å². The maximum Gasteiger partial charge on any atom is 0.408 e. The van der Waals surface area contributed by atoms with Crippen molar-refractivity contribution in [3.05, 3.63) is 77.9 Å². The summed E-state index contributed by atoms with van der Waals surface area (Å²) in [5.41, 5.74) is 4.35. The molecule has 0 aliphatic carbocycles. The van der Waals surface area contributed by atoms with Crippen LogP contribution in [0.5, 0.6) is 5.75 Å². The van der Waals surface area contributed by atoms with E-state index in [1.165, 1.54) is 0 Å². The van der Waals surface area contributed by atoms with Crippen molar-refractivity contribution in [2.75, 3.05) is 31.1 Å². The molecule has 0 unspecified atom stereocenters. The molecule has 252 valence electrons. The summed E-state index contributed by atoms with van der Waals surface area (Å²) in [6.07, 6.45) is 5.39. The standard InChI is InChI=1S/C34H40N8O6/c43-32(27(12-4-5-15-35-33(44)45)40-34(46)48-19-23-8-2-1-3-9-23)41-17-14-24-10-6-13-28(26(24)18-41)47-20-25-11-7-16-42(25)31-29-30(37-21-36-29)38-22-39-31/h1-3,6,8-10,13,21-22,25,27,35H,4-5,7,11-12,14-20H2,(H,40,46)(H,44,45)(H,36,37,38,39)/t25-,27+/m1/s1. The van der Waals surface area contributed by atoms with Crippen LogP contribution in [0, 0.1) is 0 Å². The van der Waals surface area contributed by atoms with Gasteiger partial charge in [0, 0.05) is 31.7 Å². The smallest absolute Gasteiger partial charge is 0.408 e. The molecule has 0 radical (unpaired) electrons. The van der Waals surface area contributed by atoms with Gasteiger partial charge in [-0.15, -0.1) is 0 Å². The zero-order chi connectivity index (χ0) is 33.3. The minimum absolute atomic E-state index is 0.0795. The van der Waals surface area contributed by atoms with Gasteiger partial charge in [0.1, 0.15) is 36.8 Å². The van der Waals surface area contributed by atoms with Gasteiger partial charge >= 0.3 is 12.2 Å². The first kappa shape index (κ1) is 32.5. The summed E-state index contributed by atoms with van der Waals surface area (Å²) in [6, 6.07) is 14.6. The Bertz CT molecular complexity index is 1720. The number of fused-ring (bicyclic) bond motifs is 2. The molecule has 2 atom stereocenters. The Balaban J connectivity index is 1.11. The molecule has 14 nitrogen and oxygen atoms in total. The third-order valence-corrected chi connectivity index (χ3v) is 8.82. The summed E-state index contributed by atoms with van der Waals surface area (Å²) >= 11 is 0. The molecule has 0 saturated carbocycles. The minimum atomic E-state index is -1.10. The Labute approximate surface area is 277 Å². The zero-order valence-corrected chi connectivity index (χ0v) is 26.6. The number of amides is 3. The highest BCUT2D eigenvalue weighted by atomic mass is 16.5. The van der Waals surface area contributed by atoms with E-state index in [0.29, 0.717) is 51.0 Å². The summed E-state index contributed by atoms with van der Waals surface area (Å²) in [5.74, 6) is 1.31. The number of nitrogens with zero attached hydrogens (tertiary/aromatic N) is 5. The fourth-order valence-electron chi connectivity index (χ4n) is 6.36. The normalized spacial score (nSPS) is 16.3. The van der Waals surface area contributed by atoms with Crippen LogP contribution in [0.2, 0.25) is 0 Å². The van der Waals surface area contributed by atoms with Gasteiger partial charge in [-0.25, -0.2) is 24.5 Å². The highest BCUT2D eigenvalue weighted by molar-refractivity contribution is 5.86. The number of aromatic amines is 1. The average Bonchev–Trinajstić information content (AvgIpc) is 3.79. The van der Waals surface area contributed by atoms with E-state index in [1.54, 1.807) is 17.6 Å². The van der Waals surface area contributed by atoms with Gasteiger partial charge in [0.15, 0.2) is 11.5 Å². The lowest BCUT2D eigenvalue weighted by molar-refractivity contribution is -0.134. The number of imidazole rings is 1. The van der Waals surface area contributed by atoms with Crippen LogP contribution in [0.1, 0.15) is 48.8 Å². The molecule has 14 heteroatoms. The third-order valence-electron chi connectivity index (χ3n) is 8.82. The van der Waals surface area contributed by atoms with Crippen molar-refractivity contribution in [1.82, 2.24) is 35.5 Å². The molecule has 2 aliphatic heterocycles. The Morgan fingerprint density at radius 3 is 2.77 bits per heavy atom. The molecule has 4 heterocycles. The topological polar surface area (TPSA) is 175 Å². The van der Waals surface area contributed by atoms with Gasteiger partial charge < -0.3 is 40.0 Å². The van der Waals surface area contributed by atoms with Gasteiger partial charge in [-0.1, -0.05) is 42.5 Å². The number of hydrogen-bond donors (Lipinski definition) is 4. The first-order chi connectivity index (χ1) is 23.5. The van der Waals surface area contributed by atoms with E-state index in [9.17, 15) is 14.4 Å². The molecule has 1 fully saturated rings. The molecule has 0 bridgehead atoms. The van der Waals surface area contributed by atoms with E-state index in [-0.39, 0.29) is 25.1 Å². The highest BCUT2D eigenvalue weighted by Gasteiger charge is 2.32. The van der Waals surface area contributed by atoms with Crippen molar-refractivity contribution < 1.29 is 29.0 Å². The van der Waals surface area contributed by atoms with E-state index in [1.807, 2.05) is 42.5 Å². The monoisotopic (exact) mass is 656 g/mol. The van der Waals surface area contributed by atoms with Crippen LogP contribution in [-0.2, 0) is 29.1 Å². The number of nitrogens with one attached hydrogen (secondary N) is 3. The van der Waals surface area contributed by atoms with E-state index in [0.717, 1.165) is 53.2 Å². The molecule has 4 N–H and O–H groups in total. The van der Waals surface area contributed by atoms with E-state index in [4.69, 9.17) is 14.6 Å². The molecular formula is C34H40N8O6. The number of ether oxygens (including phenoxy) is 2. The predicted molar refractivity (Wildman–Crippen MR) is 177 cm³/mol. The molecule has 1 saturated heterocycles. The van der Waals surface area contributed by atoms with Crippen molar-refractivity contribution >= 4 is 35.1 Å². The number of rotatable bonds is 13. The molecule has 48 heavy (non-hydrogen) atoms. The number of alkyl carbamates (subject to hydrolysis) is 1. The van der Waals surface area contributed by atoms with Crippen molar-refractivity contribution in [2.24, 2.45) is 0 Å². The van der Waals surface area contributed by atoms with Gasteiger partial charge in [-0.05, 0) is 55.7 Å². The summed E-state index contributed by atoms with van der Waals surface area (Å²) < 4.78 is 11.9. The van der Waals surface area contributed by atoms with Crippen LogP contribution in [0.3, 0.4) is 0 Å². The summed E-state index contributed by atoms with van der Waals surface area (Å²) in [5, 5.41) is 14.0. The maximum absolute atomic E-state index is 13.9. The number of carboxylic acid groups (broad SMARTS) is 1. The van der Waals surface area contributed by atoms with Crippen LogP contribution in [0.4, 0.5) is 15.4 Å². The Hall–Kier alpha value is -5.40. The number of hydrogen-bond acceptors (Lipinski definition) is 9. The lowest BCUT2D eigenvalue weighted by Crippen LogP contribution is -2.50. The quantitative estimate of drug-likeness (QED) is 0.154. The fraction of sp³-hybridized carbons (Fsp3) is 0.412. The van der Waals surface area contributed by atoms with Crippen LogP contribution < -0.4 is 20.3 Å². The average molecular weight is 657 g/mol. The largest absolute Gasteiger partial charge is 0.491 e. The second kappa shape index (κ2) is 15.5. The highest BCUT2D eigenvalue weighted by Crippen LogP contribution is 2.32. The molecule has 2 aliphatic rings. The fourth-order valence-corrected chi connectivity index (χ4v) is 6.36. The first-order valence-corrected chi connectivity index (χ1v) is 16.3. The number of H-pyrrole nitrogens is 1. The van der Waals surface area contributed by atoms with Crippen LogP contribution in [-0.4, -0.2) is 86.4 Å². The van der Waals surface area contributed by atoms with Gasteiger partial charge in [0.25, 0.3) is 0 Å². The molecule has 6 rings (SSSR count). The lowest BCUT2D eigenvalue weighted by atomic mass is 9.97. The molecule has 2 aromatic carbocycles. The first-order valence-electron chi connectivity index (χ1n) is 16.3. The lowest BCUT2D eigenvalue weighted by Gasteiger charge is -2.33. The number of benzene rings is 2. The van der Waals surface area contributed by atoms with Crippen LogP contribution >= 0.6 is 0 Å². The van der Waals surface area contributed by atoms with Crippen molar-refractivity contribution in [1.29, 1.82) is 0 Å². The minimum Gasteiger partial charge on any atom is -0.491 e. The number of carbonyl (C=O) groups excluding carboxylic acids is 2. The van der Waals surface area contributed by atoms with Crippen LogP contribution in [0.25, 0.3) is 11.2 Å². The number of carbonyl (C=O) groups is 3. The van der Waals surface area contributed by atoms with Gasteiger partial charge in [0.2, 0.25) is 5.91 Å². The summed E-state index contributed by atoms with van der Waals surface area (Å²) in [7, 11) is 0. The summed E-state index contributed by atoms with van der Waals surface area (Å²) in [6.45, 7) is 2.47. The number of unbranched alkanes of at least 4 members (excludes halogenated alkanes) is 1. The molecule has 2 aromatic heterocycles. The van der Waals surface area contributed by atoms with Crippen LogP contribution in [0.15, 0.2) is 61.2 Å². The SMILES string of the molecule is O=C(O)NCCCC[C@H](NC(=O)OCc1ccccc1)C(=O)N1CCc2cccc(OC[C@H]3CCCN3c3ncnc4[nH]cnc34)c2C1. The Morgan fingerprint density at radius 1 is 1.04 bits per heavy atom. The number of aromatic nitrogens is 4. The van der Waals surface area contributed by atoms with Crippen molar-refractivity contribution in [2.45, 2.75) is 63.8 Å². The Kier molecular flexibility index (Phi) is 10.5. The van der Waals surface area contributed by atoms with E-state index >= 15 is 0 Å². The van der Waals surface area contributed by atoms with Gasteiger partial charge in [0.05, 0.1) is 12.4 Å². The summed E-state index contributed by atoms with van der Waals surface area (Å²) in [4.78, 5) is 57.9. The zero-order valence-electron chi connectivity index (χ0n) is 26.6. The van der Waals surface area contributed by atoms with E-state index < -0.39 is 18.2 Å². The Morgan fingerprint density at radius 2 is 1.92 bits per heavy atom. The van der Waals surface area contributed by atoms with Gasteiger partial charge in [-0.3, -0.25) is 4.79 Å². The molecule has 4 aromatic rings.